The van der Waals surface area contributed by atoms with Crippen LogP contribution in [0.5, 0.6) is 5.75 Å². The molecular weight excluding hydrogens is 414 g/mol. The van der Waals surface area contributed by atoms with Crippen molar-refractivity contribution in [3.63, 3.8) is 0 Å². The maximum absolute atomic E-state index is 13.1. The predicted molar refractivity (Wildman–Crippen MR) is 131 cm³/mol. The number of hydrogen-bond donors (Lipinski definition) is 0. The van der Waals surface area contributed by atoms with Gasteiger partial charge in [-0.05, 0) is 36.2 Å². The van der Waals surface area contributed by atoms with Gasteiger partial charge in [0, 0.05) is 32.7 Å². The summed E-state index contributed by atoms with van der Waals surface area (Å²) in [4.78, 5) is 31.7. The van der Waals surface area contributed by atoms with E-state index in [0.717, 1.165) is 51.3 Å². The number of nitrogens with zero attached hydrogens (tertiary/aromatic N) is 3. The molecule has 0 bridgehead atoms. The topological polar surface area (TPSA) is 53.1 Å². The maximum Gasteiger partial charge on any atom is 0.251 e. The molecule has 2 saturated heterocycles. The quantitative estimate of drug-likeness (QED) is 0.432. The van der Waals surface area contributed by atoms with Crippen LogP contribution in [0.3, 0.4) is 0 Å². The molecule has 174 valence electrons. The molecule has 0 unspecified atom stereocenters. The van der Waals surface area contributed by atoms with Crippen molar-refractivity contribution in [1.29, 1.82) is 0 Å². The molecule has 0 aliphatic carbocycles. The minimum atomic E-state index is -0.361. The summed E-state index contributed by atoms with van der Waals surface area (Å²) >= 11 is 0. The highest BCUT2D eigenvalue weighted by atomic mass is 16.5. The summed E-state index contributed by atoms with van der Waals surface area (Å²) in [6.45, 7) is 7.05. The zero-order valence-electron chi connectivity index (χ0n) is 19.4. The van der Waals surface area contributed by atoms with E-state index < -0.39 is 0 Å². The van der Waals surface area contributed by atoms with Crippen molar-refractivity contribution in [2.75, 3.05) is 44.2 Å². The second-order valence-electron chi connectivity index (χ2n) is 8.63. The van der Waals surface area contributed by atoms with Crippen LogP contribution < -0.4 is 9.64 Å². The third-order valence-corrected chi connectivity index (χ3v) is 6.31. The predicted octanol–water partition coefficient (Wildman–Crippen LogP) is 3.83. The van der Waals surface area contributed by atoms with Gasteiger partial charge in [-0.3, -0.25) is 19.4 Å². The Morgan fingerprint density at radius 1 is 0.970 bits per heavy atom. The third kappa shape index (κ3) is 5.89. The smallest absolute Gasteiger partial charge is 0.251 e. The van der Waals surface area contributed by atoms with Crippen LogP contribution in [0.2, 0.25) is 0 Å². The highest BCUT2D eigenvalue weighted by Crippen LogP contribution is 2.28. The van der Waals surface area contributed by atoms with Gasteiger partial charge >= 0.3 is 0 Å². The number of amides is 2. The SMILES string of the molecule is CCCCOc1ccc(N2C(=O)C[C@@H](N3CCN(C/C=C\c4ccccc4)CC3)C2=O)cc1. The standard InChI is InChI=1S/C27H33N3O3/c1-2-3-20-33-24-13-11-23(12-14-24)30-26(31)21-25(27(30)32)29-18-16-28(17-19-29)15-7-10-22-8-5-4-6-9-22/h4-14,25H,2-3,15-21H2,1H3/b10-7-/t25-/m1/s1. The highest BCUT2D eigenvalue weighted by Gasteiger charge is 2.43. The molecule has 6 nitrogen and oxygen atoms in total. The second-order valence-corrected chi connectivity index (χ2v) is 8.63. The van der Waals surface area contributed by atoms with E-state index in [1.807, 2.05) is 30.3 Å². The summed E-state index contributed by atoms with van der Waals surface area (Å²) in [6.07, 6.45) is 6.66. The van der Waals surface area contributed by atoms with Crippen molar-refractivity contribution in [1.82, 2.24) is 9.80 Å². The lowest BCUT2D eigenvalue weighted by molar-refractivity contribution is -0.123. The Morgan fingerprint density at radius 3 is 2.39 bits per heavy atom. The molecule has 0 aromatic heterocycles. The Bertz CT molecular complexity index is 950. The van der Waals surface area contributed by atoms with Crippen LogP contribution in [0.4, 0.5) is 5.69 Å². The number of benzene rings is 2. The number of carbonyl (C=O) groups is 2. The molecule has 2 fully saturated rings. The van der Waals surface area contributed by atoms with Crippen LogP contribution in [0, 0.1) is 0 Å². The molecule has 2 aromatic carbocycles. The van der Waals surface area contributed by atoms with Gasteiger partial charge in [-0.15, -0.1) is 0 Å². The summed E-state index contributed by atoms with van der Waals surface area (Å²) in [5.74, 6) is 0.523. The molecule has 0 spiro atoms. The Labute approximate surface area is 196 Å². The van der Waals surface area contributed by atoms with Crippen LogP contribution >= 0.6 is 0 Å². The fourth-order valence-corrected chi connectivity index (χ4v) is 4.36. The number of hydrogen-bond acceptors (Lipinski definition) is 5. The summed E-state index contributed by atoms with van der Waals surface area (Å²) in [6, 6.07) is 17.2. The van der Waals surface area contributed by atoms with Gasteiger partial charge in [-0.1, -0.05) is 55.8 Å². The molecule has 2 aromatic rings. The summed E-state index contributed by atoms with van der Waals surface area (Å²) in [5.41, 5.74) is 1.83. The molecule has 2 aliphatic rings. The minimum absolute atomic E-state index is 0.114. The van der Waals surface area contributed by atoms with E-state index in [4.69, 9.17) is 4.74 Å². The van der Waals surface area contributed by atoms with E-state index in [1.54, 1.807) is 12.1 Å². The van der Waals surface area contributed by atoms with Crippen molar-refractivity contribution in [3.8, 4) is 5.75 Å². The van der Waals surface area contributed by atoms with Crippen LogP contribution in [-0.2, 0) is 9.59 Å². The van der Waals surface area contributed by atoms with E-state index in [1.165, 1.54) is 10.5 Å². The van der Waals surface area contributed by atoms with Crippen LogP contribution in [-0.4, -0.2) is 67.0 Å². The van der Waals surface area contributed by atoms with E-state index in [0.29, 0.717) is 12.3 Å². The van der Waals surface area contributed by atoms with Crippen molar-refractivity contribution in [3.05, 3.63) is 66.2 Å². The first-order valence-corrected chi connectivity index (χ1v) is 11.9. The average Bonchev–Trinajstić information content (AvgIpc) is 3.14. The molecule has 4 rings (SSSR count). The molecule has 33 heavy (non-hydrogen) atoms. The molecule has 2 amide bonds. The number of imide groups is 1. The van der Waals surface area contributed by atoms with Crippen molar-refractivity contribution in [2.45, 2.75) is 32.2 Å². The first-order valence-electron chi connectivity index (χ1n) is 11.9. The van der Waals surface area contributed by atoms with Crippen LogP contribution in [0.25, 0.3) is 6.08 Å². The highest BCUT2D eigenvalue weighted by molar-refractivity contribution is 6.22. The summed E-state index contributed by atoms with van der Waals surface area (Å²) in [7, 11) is 0. The number of carbonyl (C=O) groups excluding carboxylic acids is 2. The third-order valence-electron chi connectivity index (χ3n) is 6.31. The first kappa shape index (κ1) is 23.2. The normalized spacial score (nSPS) is 20.2. The minimum Gasteiger partial charge on any atom is -0.494 e. The molecule has 0 N–H and O–H groups in total. The van der Waals surface area contributed by atoms with Gasteiger partial charge < -0.3 is 4.74 Å². The second kappa shape index (κ2) is 11.3. The Hall–Kier alpha value is -2.96. The molecule has 2 aliphatic heterocycles. The lowest BCUT2D eigenvalue weighted by atomic mass is 10.1. The lowest BCUT2D eigenvalue weighted by Gasteiger charge is -2.36. The van der Waals surface area contributed by atoms with E-state index >= 15 is 0 Å². The maximum atomic E-state index is 13.1. The first-order chi connectivity index (χ1) is 16.2. The lowest BCUT2D eigenvalue weighted by Crippen LogP contribution is -2.52. The number of unbranched alkanes of at least 4 members (excludes halogenated alkanes) is 1. The largest absolute Gasteiger partial charge is 0.494 e. The molecule has 6 heteroatoms. The molecule has 2 heterocycles. The monoisotopic (exact) mass is 447 g/mol. The molecule has 0 radical (unpaired) electrons. The van der Waals surface area contributed by atoms with Gasteiger partial charge in [0.2, 0.25) is 5.91 Å². The Kier molecular flexibility index (Phi) is 7.92. The number of rotatable bonds is 9. The van der Waals surface area contributed by atoms with Crippen LogP contribution in [0.15, 0.2) is 60.7 Å². The van der Waals surface area contributed by atoms with Gasteiger partial charge in [-0.25, -0.2) is 4.90 Å². The van der Waals surface area contributed by atoms with E-state index in [2.05, 4.69) is 41.0 Å². The van der Waals surface area contributed by atoms with Gasteiger partial charge in [0.25, 0.3) is 5.91 Å². The molecule has 1 atom stereocenters. The Morgan fingerprint density at radius 2 is 1.70 bits per heavy atom. The molecule has 0 saturated carbocycles. The Balaban J connectivity index is 1.29. The number of ether oxygens (including phenoxy) is 1. The van der Waals surface area contributed by atoms with Gasteiger partial charge in [0.05, 0.1) is 24.8 Å². The van der Waals surface area contributed by atoms with Gasteiger partial charge in [0.1, 0.15) is 5.75 Å². The van der Waals surface area contributed by atoms with Crippen molar-refractivity contribution in [2.24, 2.45) is 0 Å². The number of anilines is 1. The zero-order chi connectivity index (χ0) is 23.0. The van der Waals surface area contributed by atoms with E-state index in [9.17, 15) is 9.59 Å². The van der Waals surface area contributed by atoms with Gasteiger partial charge in [-0.2, -0.15) is 0 Å². The fourth-order valence-electron chi connectivity index (χ4n) is 4.36. The summed E-state index contributed by atoms with van der Waals surface area (Å²) < 4.78 is 5.69. The zero-order valence-corrected chi connectivity index (χ0v) is 19.4. The fraction of sp³-hybridized carbons (Fsp3) is 0.407. The van der Waals surface area contributed by atoms with Crippen molar-refractivity contribution < 1.29 is 14.3 Å². The van der Waals surface area contributed by atoms with Gasteiger partial charge in [0.15, 0.2) is 0 Å². The number of piperazine rings is 1. The van der Waals surface area contributed by atoms with Crippen molar-refractivity contribution >= 4 is 23.6 Å². The summed E-state index contributed by atoms with van der Waals surface area (Å²) in [5, 5.41) is 0. The average molecular weight is 448 g/mol. The molecular formula is C27H33N3O3. The van der Waals surface area contributed by atoms with Crippen LogP contribution in [0.1, 0.15) is 31.7 Å². The van der Waals surface area contributed by atoms with E-state index in [-0.39, 0.29) is 24.3 Å².